The van der Waals surface area contributed by atoms with E-state index in [0.717, 1.165) is 12.8 Å². The Morgan fingerprint density at radius 1 is 1.39 bits per heavy atom. The van der Waals surface area contributed by atoms with Crippen LogP contribution in [0, 0.1) is 12.8 Å². The van der Waals surface area contributed by atoms with Gasteiger partial charge in [0.2, 0.25) is 5.91 Å². The van der Waals surface area contributed by atoms with Gasteiger partial charge in [-0.25, -0.2) is 4.98 Å². The van der Waals surface area contributed by atoms with Crippen LogP contribution in [0.4, 0.5) is 0 Å². The number of ether oxygens (including phenoxy) is 1. The van der Waals surface area contributed by atoms with Crippen molar-refractivity contribution < 1.29 is 9.53 Å². The number of carbonyl (C=O) groups excluding carboxylic acids is 1. The van der Waals surface area contributed by atoms with Gasteiger partial charge in [-0.2, -0.15) is 0 Å². The van der Waals surface area contributed by atoms with E-state index in [-0.39, 0.29) is 17.5 Å². The van der Waals surface area contributed by atoms with Crippen LogP contribution in [-0.4, -0.2) is 40.5 Å². The highest BCUT2D eigenvalue weighted by Gasteiger charge is 2.31. The normalized spacial score (nSPS) is 23.0. The summed E-state index contributed by atoms with van der Waals surface area (Å²) in [4.78, 5) is 33.4. The zero-order valence-electron chi connectivity index (χ0n) is 13.7. The summed E-state index contributed by atoms with van der Waals surface area (Å²) in [6.45, 7) is 3.29. The molecule has 126 valence electrons. The fourth-order valence-electron chi connectivity index (χ4n) is 3.68. The van der Waals surface area contributed by atoms with Crippen molar-refractivity contribution in [2.45, 2.75) is 51.5 Å². The number of aromatic nitrogens is 2. The minimum Gasteiger partial charge on any atom is -0.377 e. The highest BCUT2D eigenvalue weighted by atomic mass is 16.5. The van der Waals surface area contributed by atoms with Crippen molar-refractivity contribution in [3.63, 3.8) is 0 Å². The predicted molar refractivity (Wildman–Crippen MR) is 86.1 cm³/mol. The van der Waals surface area contributed by atoms with Gasteiger partial charge in [0.15, 0.2) is 0 Å². The van der Waals surface area contributed by atoms with Crippen LogP contribution < -0.4 is 5.56 Å². The maximum absolute atomic E-state index is 12.8. The van der Waals surface area contributed by atoms with E-state index in [1.807, 2.05) is 4.90 Å². The third kappa shape index (κ3) is 3.99. The number of hydrogen-bond donors (Lipinski definition) is 1. The largest absolute Gasteiger partial charge is 0.377 e. The number of nitrogens with zero attached hydrogens (tertiary/aromatic N) is 2. The topological polar surface area (TPSA) is 75.3 Å². The standard InChI is InChI=1S/C17H25N3O3/c1-12-18-14(10-16(21)19-12)15-11-23-8-7-20(15)17(22)9-13-5-3-2-4-6-13/h10,13,15H,2-9,11H2,1H3,(H,18,19,21). The molecule has 1 saturated heterocycles. The second kappa shape index (κ2) is 7.25. The molecule has 1 aromatic rings. The Labute approximate surface area is 136 Å². The van der Waals surface area contributed by atoms with E-state index >= 15 is 0 Å². The molecule has 1 aliphatic heterocycles. The number of amides is 1. The van der Waals surface area contributed by atoms with Gasteiger partial charge in [-0.3, -0.25) is 9.59 Å². The van der Waals surface area contributed by atoms with E-state index < -0.39 is 0 Å². The Kier molecular flexibility index (Phi) is 5.10. The molecule has 1 saturated carbocycles. The summed E-state index contributed by atoms with van der Waals surface area (Å²) < 4.78 is 5.54. The minimum absolute atomic E-state index is 0.171. The lowest BCUT2D eigenvalue weighted by Gasteiger charge is -2.36. The zero-order chi connectivity index (χ0) is 16.2. The summed E-state index contributed by atoms with van der Waals surface area (Å²) in [5.74, 6) is 1.25. The molecular weight excluding hydrogens is 294 g/mol. The quantitative estimate of drug-likeness (QED) is 0.924. The van der Waals surface area contributed by atoms with Crippen LogP contribution in [0.15, 0.2) is 10.9 Å². The molecule has 0 radical (unpaired) electrons. The molecule has 6 heteroatoms. The first-order chi connectivity index (χ1) is 11.1. The number of H-pyrrole nitrogens is 1. The van der Waals surface area contributed by atoms with Crippen LogP contribution in [0.2, 0.25) is 0 Å². The van der Waals surface area contributed by atoms with E-state index in [4.69, 9.17) is 4.74 Å². The first-order valence-corrected chi connectivity index (χ1v) is 8.58. The SMILES string of the molecule is Cc1nc(C2COCCN2C(=O)CC2CCCCC2)cc(=O)[nH]1. The van der Waals surface area contributed by atoms with Gasteiger partial charge in [-0.05, 0) is 25.7 Å². The Balaban J connectivity index is 1.75. The van der Waals surface area contributed by atoms with Crippen molar-refractivity contribution >= 4 is 5.91 Å². The van der Waals surface area contributed by atoms with E-state index in [1.165, 1.54) is 25.3 Å². The van der Waals surface area contributed by atoms with E-state index in [0.29, 0.717) is 43.6 Å². The molecule has 0 aromatic carbocycles. The van der Waals surface area contributed by atoms with Crippen LogP contribution in [0.5, 0.6) is 0 Å². The molecule has 1 N–H and O–H groups in total. The lowest BCUT2D eigenvalue weighted by Crippen LogP contribution is -2.44. The Morgan fingerprint density at radius 3 is 2.91 bits per heavy atom. The average molecular weight is 319 g/mol. The molecule has 23 heavy (non-hydrogen) atoms. The molecule has 2 fully saturated rings. The highest BCUT2D eigenvalue weighted by Crippen LogP contribution is 2.29. The summed E-state index contributed by atoms with van der Waals surface area (Å²) in [5, 5.41) is 0. The van der Waals surface area contributed by atoms with Crippen molar-refractivity contribution in [2.75, 3.05) is 19.8 Å². The van der Waals surface area contributed by atoms with Crippen molar-refractivity contribution in [3.8, 4) is 0 Å². The molecule has 6 nitrogen and oxygen atoms in total. The predicted octanol–water partition coefficient (Wildman–Crippen LogP) is 1.95. The molecule has 1 atom stereocenters. The Morgan fingerprint density at radius 2 is 2.17 bits per heavy atom. The first-order valence-electron chi connectivity index (χ1n) is 8.58. The fourth-order valence-corrected chi connectivity index (χ4v) is 3.68. The summed E-state index contributed by atoms with van der Waals surface area (Å²) in [6, 6.07) is 1.23. The maximum atomic E-state index is 12.8. The van der Waals surface area contributed by atoms with Gasteiger partial charge in [0.05, 0.1) is 24.9 Å². The third-order valence-corrected chi connectivity index (χ3v) is 4.86. The van der Waals surface area contributed by atoms with E-state index in [9.17, 15) is 9.59 Å². The van der Waals surface area contributed by atoms with Crippen LogP contribution in [0.25, 0.3) is 0 Å². The molecule has 1 aliphatic carbocycles. The number of rotatable bonds is 3. The number of morpholine rings is 1. The molecule has 2 heterocycles. The van der Waals surface area contributed by atoms with Crippen molar-refractivity contribution in [1.82, 2.24) is 14.9 Å². The van der Waals surface area contributed by atoms with Gasteiger partial charge in [0, 0.05) is 19.0 Å². The zero-order valence-corrected chi connectivity index (χ0v) is 13.7. The lowest BCUT2D eigenvalue weighted by atomic mass is 9.86. The summed E-state index contributed by atoms with van der Waals surface area (Å²) in [5.41, 5.74) is 0.445. The van der Waals surface area contributed by atoms with Crippen LogP contribution in [0.1, 0.15) is 56.1 Å². The molecular formula is C17H25N3O3. The average Bonchev–Trinajstić information content (AvgIpc) is 2.55. The Hall–Kier alpha value is -1.69. The number of nitrogens with one attached hydrogen (secondary N) is 1. The summed E-state index contributed by atoms with van der Waals surface area (Å²) >= 11 is 0. The van der Waals surface area contributed by atoms with Crippen LogP contribution >= 0.6 is 0 Å². The molecule has 1 amide bonds. The van der Waals surface area contributed by atoms with Gasteiger partial charge in [-0.15, -0.1) is 0 Å². The second-order valence-corrected chi connectivity index (χ2v) is 6.64. The monoisotopic (exact) mass is 319 g/mol. The number of hydrogen-bond acceptors (Lipinski definition) is 4. The van der Waals surface area contributed by atoms with Gasteiger partial charge in [0.1, 0.15) is 5.82 Å². The van der Waals surface area contributed by atoms with Gasteiger partial charge in [0.25, 0.3) is 5.56 Å². The lowest BCUT2D eigenvalue weighted by molar-refractivity contribution is -0.141. The van der Waals surface area contributed by atoms with Crippen molar-refractivity contribution in [2.24, 2.45) is 5.92 Å². The van der Waals surface area contributed by atoms with Crippen molar-refractivity contribution in [1.29, 1.82) is 0 Å². The highest BCUT2D eigenvalue weighted by molar-refractivity contribution is 5.77. The molecule has 2 aliphatic rings. The number of aromatic amines is 1. The maximum Gasteiger partial charge on any atom is 0.251 e. The Bertz CT molecular complexity index is 607. The van der Waals surface area contributed by atoms with Crippen LogP contribution in [-0.2, 0) is 9.53 Å². The molecule has 1 aromatic heterocycles. The van der Waals surface area contributed by atoms with Crippen molar-refractivity contribution in [3.05, 3.63) is 27.9 Å². The van der Waals surface area contributed by atoms with Gasteiger partial charge < -0.3 is 14.6 Å². The smallest absolute Gasteiger partial charge is 0.251 e. The third-order valence-electron chi connectivity index (χ3n) is 4.86. The van der Waals surface area contributed by atoms with E-state index in [2.05, 4.69) is 9.97 Å². The van der Waals surface area contributed by atoms with Crippen LogP contribution in [0.3, 0.4) is 0 Å². The summed E-state index contributed by atoms with van der Waals surface area (Å²) in [7, 11) is 0. The first kappa shape index (κ1) is 16.2. The number of aryl methyl sites for hydroxylation is 1. The molecule has 3 rings (SSSR count). The molecule has 0 spiro atoms. The number of carbonyl (C=O) groups is 1. The molecule has 1 unspecified atom stereocenters. The van der Waals surface area contributed by atoms with Gasteiger partial charge >= 0.3 is 0 Å². The summed E-state index contributed by atoms with van der Waals surface area (Å²) in [6.07, 6.45) is 6.68. The second-order valence-electron chi connectivity index (χ2n) is 6.64. The minimum atomic E-state index is -0.249. The molecule has 0 bridgehead atoms. The van der Waals surface area contributed by atoms with E-state index in [1.54, 1.807) is 6.92 Å². The fraction of sp³-hybridized carbons (Fsp3) is 0.706. The van der Waals surface area contributed by atoms with Gasteiger partial charge in [-0.1, -0.05) is 19.3 Å².